The molecule has 10 heteroatoms. The minimum atomic E-state index is -3.53. The van der Waals surface area contributed by atoms with Gasteiger partial charge in [0.15, 0.2) is 5.82 Å². The van der Waals surface area contributed by atoms with E-state index in [0.717, 1.165) is 0 Å². The topological polar surface area (TPSA) is 112 Å². The molecule has 2 aromatic rings. The quantitative estimate of drug-likeness (QED) is 0.706. The summed E-state index contributed by atoms with van der Waals surface area (Å²) in [6, 6.07) is 6.17. The van der Waals surface area contributed by atoms with E-state index in [1.807, 2.05) is 6.92 Å². The molecule has 0 saturated carbocycles. The Labute approximate surface area is 147 Å². The maximum atomic E-state index is 12.1. The van der Waals surface area contributed by atoms with E-state index >= 15 is 0 Å². The van der Waals surface area contributed by atoms with Gasteiger partial charge in [-0.15, -0.1) is 12.4 Å². The number of hydrogen-bond acceptors (Lipinski definition) is 6. The van der Waals surface area contributed by atoms with Crippen LogP contribution in [0.3, 0.4) is 0 Å². The van der Waals surface area contributed by atoms with Crippen LogP contribution < -0.4 is 15.2 Å². The molecular weight excluding hydrogens is 354 g/mol. The second kappa shape index (κ2) is 8.97. The lowest BCUT2D eigenvalue weighted by molar-refractivity contribution is 0.289. The molecule has 0 aliphatic rings. The third-order valence-corrected chi connectivity index (χ3v) is 4.68. The SMILES string of the molecule is CC(N)CCNS(=O)(=O)c1ccc(OCc2ncnn2C)cc1.Cl. The lowest BCUT2D eigenvalue weighted by atomic mass is 10.3. The van der Waals surface area contributed by atoms with Crippen molar-refractivity contribution in [3.63, 3.8) is 0 Å². The van der Waals surface area contributed by atoms with Gasteiger partial charge in [0, 0.05) is 19.6 Å². The highest BCUT2D eigenvalue weighted by Gasteiger charge is 2.13. The van der Waals surface area contributed by atoms with Gasteiger partial charge >= 0.3 is 0 Å². The summed E-state index contributed by atoms with van der Waals surface area (Å²) < 4.78 is 33.9. The second-order valence-electron chi connectivity index (χ2n) is 5.22. The smallest absolute Gasteiger partial charge is 0.240 e. The van der Waals surface area contributed by atoms with Gasteiger partial charge in [-0.2, -0.15) is 5.10 Å². The molecule has 0 fully saturated rings. The van der Waals surface area contributed by atoms with Crippen molar-refractivity contribution in [1.82, 2.24) is 19.5 Å². The highest BCUT2D eigenvalue weighted by molar-refractivity contribution is 7.89. The van der Waals surface area contributed by atoms with Crippen molar-refractivity contribution in [2.45, 2.75) is 30.9 Å². The number of hydrogen-bond donors (Lipinski definition) is 2. The van der Waals surface area contributed by atoms with Crippen molar-refractivity contribution < 1.29 is 13.2 Å². The molecule has 0 spiro atoms. The summed E-state index contributed by atoms with van der Waals surface area (Å²) in [5.41, 5.74) is 5.60. The van der Waals surface area contributed by atoms with Crippen molar-refractivity contribution in [2.75, 3.05) is 6.54 Å². The molecular formula is C14H22ClN5O3S. The molecule has 0 amide bonds. The third-order valence-electron chi connectivity index (χ3n) is 3.20. The molecule has 1 atom stereocenters. The van der Waals surface area contributed by atoms with Gasteiger partial charge in [-0.05, 0) is 37.6 Å². The van der Waals surface area contributed by atoms with Crippen molar-refractivity contribution in [3.8, 4) is 5.75 Å². The molecule has 0 saturated heterocycles. The first-order chi connectivity index (χ1) is 10.9. The van der Waals surface area contributed by atoms with Gasteiger partial charge in [-0.1, -0.05) is 0 Å². The Morgan fingerprint density at radius 1 is 1.33 bits per heavy atom. The molecule has 1 aromatic heterocycles. The summed E-state index contributed by atoms with van der Waals surface area (Å²) >= 11 is 0. The van der Waals surface area contributed by atoms with Gasteiger partial charge in [0.2, 0.25) is 10.0 Å². The average Bonchev–Trinajstić information content (AvgIpc) is 2.90. The van der Waals surface area contributed by atoms with Gasteiger partial charge in [0.05, 0.1) is 4.90 Å². The van der Waals surface area contributed by atoms with Crippen LogP contribution >= 0.6 is 12.4 Å². The lowest BCUT2D eigenvalue weighted by Gasteiger charge is -2.09. The minimum absolute atomic E-state index is 0. The van der Waals surface area contributed by atoms with Crippen LogP contribution in [0.5, 0.6) is 5.75 Å². The highest BCUT2D eigenvalue weighted by Crippen LogP contribution is 2.16. The standard InChI is InChI=1S/C14H21N5O3S.ClH/c1-11(15)7-8-18-23(20,21)13-5-3-12(4-6-13)22-9-14-16-10-17-19(14)2;/h3-6,10-11,18H,7-9,15H2,1-2H3;1H. The molecule has 24 heavy (non-hydrogen) atoms. The predicted octanol–water partition coefficient (Wildman–Crippen LogP) is 0.831. The van der Waals surface area contributed by atoms with Gasteiger partial charge < -0.3 is 10.5 Å². The van der Waals surface area contributed by atoms with Crippen LogP contribution in [-0.4, -0.2) is 35.8 Å². The zero-order valence-electron chi connectivity index (χ0n) is 13.5. The number of sulfonamides is 1. The van der Waals surface area contributed by atoms with Crippen LogP contribution in [0, 0.1) is 0 Å². The Morgan fingerprint density at radius 2 is 2.00 bits per heavy atom. The molecule has 1 unspecified atom stereocenters. The summed E-state index contributed by atoms with van der Waals surface area (Å²) in [5.74, 6) is 1.24. The summed E-state index contributed by atoms with van der Waals surface area (Å²) in [6.07, 6.45) is 2.03. The summed E-state index contributed by atoms with van der Waals surface area (Å²) in [6.45, 7) is 2.40. The van der Waals surface area contributed by atoms with E-state index < -0.39 is 10.0 Å². The summed E-state index contributed by atoms with van der Waals surface area (Å²) in [5, 5.41) is 3.95. The Bertz CT molecular complexity index is 731. The maximum absolute atomic E-state index is 12.1. The van der Waals surface area contributed by atoms with E-state index in [-0.39, 0.29) is 30.0 Å². The van der Waals surface area contributed by atoms with E-state index in [0.29, 0.717) is 24.5 Å². The Hall–Kier alpha value is -1.68. The molecule has 8 nitrogen and oxygen atoms in total. The van der Waals surface area contributed by atoms with Crippen molar-refractivity contribution in [2.24, 2.45) is 12.8 Å². The van der Waals surface area contributed by atoms with Gasteiger partial charge in [0.25, 0.3) is 0 Å². The Morgan fingerprint density at radius 3 is 2.54 bits per heavy atom. The fourth-order valence-electron chi connectivity index (χ4n) is 1.82. The third kappa shape index (κ3) is 5.75. The average molecular weight is 376 g/mol. The van der Waals surface area contributed by atoms with Gasteiger partial charge in [-0.25, -0.2) is 18.1 Å². The van der Waals surface area contributed by atoms with Crippen LogP contribution in [0.15, 0.2) is 35.5 Å². The van der Waals surface area contributed by atoms with Crippen LogP contribution in [0.4, 0.5) is 0 Å². The Balaban J connectivity index is 0.00000288. The first kappa shape index (κ1) is 20.4. The molecule has 134 valence electrons. The van der Waals surface area contributed by atoms with Gasteiger partial charge in [0.1, 0.15) is 18.7 Å². The number of ether oxygens (including phenoxy) is 1. The highest BCUT2D eigenvalue weighted by atomic mass is 35.5. The zero-order valence-corrected chi connectivity index (χ0v) is 15.2. The zero-order chi connectivity index (χ0) is 16.9. The number of benzene rings is 1. The second-order valence-corrected chi connectivity index (χ2v) is 6.99. The fraction of sp³-hybridized carbons (Fsp3) is 0.429. The first-order valence-electron chi connectivity index (χ1n) is 7.19. The number of nitrogens with two attached hydrogens (primary N) is 1. The molecule has 1 heterocycles. The molecule has 0 radical (unpaired) electrons. The summed E-state index contributed by atoms with van der Waals surface area (Å²) in [4.78, 5) is 4.23. The molecule has 1 aromatic carbocycles. The van der Waals surface area contributed by atoms with Gasteiger partial charge in [-0.3, -0.25) is 4.68 Å². The lowest BCUT2D eigenvalue weighted by Crippen LogP contribution is -2.29. The molecule has 2 rings (SSSR count). The minimum Gasteiger partial charge on any atom is -0.486 e. The van der Waals surface area contributed by atoms with Crippen LogP contribution in [-0.2, 0) is 23.7 Å². The number of nitrogens with one attached hydrogen (secondary N) is 1. The van der Waals surface area contributed by atoms with Crippen LogP contribution in [0.1, 0.15) is 19.2 Å². The number of aryl methyl sites for hydroxylation is 1. The monoisotopic (exact) mass is 375 g/mol. The van der Waals surface area contributed by atoms with E-state index in [1.165, 1.54) is 18.5 Å². The largest absolute Gasteiger partial charge is 0.486 e. The number of nitrogens with zero attached hydrogens (tertiary/aromatic N) is 3. The first-order valence-corrected chi connectivity index (χ1v) is 8.68. The van der Waals surface area contributed by atoms with Crippen molar-refractivity contribution >= 4 is 22.4 Å². The molecule has 0 bridgehead atoms. The fourth-order valence-corrected chi connectivity index (χ4v) is 2.87. The predicted molar refractivity (Wildman–Crippen MR) is 92.5 cm³/mol. The Kier molecular flexibility index (Phi) is 7.61. The van der Waals surface area contributed by atoms with Crippen LogP contribution in [0.25, 0.3) is 0 Å². The normalized spacial score (nSPS) is 12.5. The number of rotatable bonds is 8. The van der Waals surface area contributed by atoms with E-state index in [2.05, 4.69) is 14.8 Å². The van der Waals surface area contributed by atoms with Crippen molar-refractivity contribution in [3.05, 3.63) is 36.4 Å². The number of halogens is 1. The molecule has 0 aliphatic heterocycles. The molecule has 0 aliphatic carbocycles. The maximum Gasteiger partial charge on any atom is 0.240 e. The van der Waals surface area contributed by atoms with Crippen molar-refractivity contribution in [1.29, 1.82) is 0 Å². The number of aromatic nitrogens is 3. The summed E-state index contributed by atoms with van der Waals surface area (Å²) in [7, 11) is -1.75. The van der Waals surface area contributed by atoms with E-state index in [4.69, 9.17) is 10.5 Å². The van der Waals surface area contributed by atoms with Crippen LogP contribution in [0.2, 0.25) is 0 Å². The van der Waals surface area contributed by atoms with E-state index in [1.54, 1.807) is 23.9 Å². The van der Waals surface area contributed by atoms with E-state index in [9.17, 15) is 8.42 Å². The molecule has 3 N–H and O–H groups in total.